The van der Waals surface area contributed by atoms with Crippen LogP contribution in [0.4, 0.5) is 5.69 Å². The smallest absolute Gasteiger partial charge is 0.396 e. The van der Waals surface area contributed by atoms with Crippen molar-refractivity contribution in [2.75, 3.05) is 25.6 Å². The standard InChI is InChI=1S/C20H30NO6PSi/c1-6-25-28(23,26-7-2)20-9-8-18(27-20)15-12-16(21)14-17(13-15)24-11-10-19(22)29(3,4)5/h8-9,12-14H,6-7,10-11,21H2,1-5H3. The van der Waals surface area contributed by atoms with E-state index in [-0.39, 0.29) is 24.1 Å². The van der Waals surface area contributed by atoms with Gasteiger partial charge in [0.05, 0.1) is 19.8 Å². The lowest BCUT2D eigenvalue weighted by atomic mass is 10.1. The molecular formula is C20H30NO6PSi. The van der Waals surface area contributed by atoms with E-state index in [1.54, 1.807) is 44.2 Å². The minimum atomic E-state index is -3.50. The first-order valence-electron chi connectivity index (χ1n) is 9.65. The molecule has 9 heteroatoms. The number of carbonyl (C=O) groups excluding carboxylic acids is 1. The van der Waals surface area contributed by atoms with Crippen molar-refractivity contribution >= 4 is 32.3 Å². The van der Waals surface area contributed by atoms with Gasteiger partial charge in [0.15, 0.2) is 0 Å². The van der Waals surface area contributed by atoms with E-state index in [4.69, 9.17) is 23.9 Å². The molecule has 0 radical (unpaired) electrons. The molecule has 0 aliphatic carbocycles. The fourth-order valence-electron chi connectivity index (χ4n) is 2.62. The summed E-state index contributed by atoms with van der Waals surface area (Å²) in [5.74, 6) is 1.01. The Kier molecular flexibility index (Phi) is 7.88. The maximum Gasteiger partial charge on any atom is 0.396 e. The van der Waals surface area contributed by atoms with Gasteiger partial charge in [0, 0.05) is 23.7 Å². The average molecular weight is 440 g/mol. The van der Waals surface area contributed by atoms with Crippen LogP contribution in [0.1, 0.15) is 20.3 Å². The molecule has 2 aromatic rings. The van der Waals surface area contributed by atoms with E-state index in [0.717, 1.165) is 0 Å². The van der Waals surface area contributed by atoms with Gasteiger partial charge >= 0.3 is 7.60 Å². The molecule has 0 fully saturated rings. The average Bonchev–Trinajstić information content (AvgIpc) is 3.12. The Balaban J connectivity index is 2.19. The summed E-state index contributed by atoms with van der Waals surface area (Å²) in [6.07, 6.45) is 0.372. The van der Waals surface area contributed by atoms with Crippen LogP contribution in [0, 0.1) is 0 Å². The number of furan rings is 1. The highest BCUT2D eigenvalue weighted by Crippen LogP contribution is 2.47. The van der Waals surface area contributed by atoms with E-state index in [2.05, 4.69) is 0 Å². The molecule has 0 amide bonds. The molecule has 160 valence electrons. The normalized spacial score (nSPS) is 12.2. The minimum absolute atomic E-state index is 0.141. The van der Waals surface area contributed by atoms with Crippen LogP contribution in [0.25, 0.3) is 11.3 Å². The van der Waals surface area contributed by atoms with Gasteiger partial charge < -0.3 is 28.7 Å². The van der Waals surface area contributed by atoms with Crippen LogP contribution in [-0.4, -0.2) is 33.3 Å². The number of hydrogen-bond acceptors (Lipinski definition) is 7. The largest absolute Gasteiger partial charge is 0.493 e. The summed E-state index contributed by atoms with van der Waals surface area (Å²) in [6, 6.07) is 8.46. The Hall–Kier alpha value is -1.86. The van der Waals surface area contributed by atoms with Gasteiger partial charge in [-0.3, -0.25) is 4.57 Å². The lowest BCUT2D eigenvalue weighted by Crippen LogP contribution is -2.34. The Morgan fingerprint density at radius 1 is 1.10 bits per heavy atom. The Labute approximate surface area is 173 Å². The monoisotopic (exact) mass is 439 g/mol. The third-order valence-corrected chi connectivity index (χ3v) is 8.01. The Bertz CT molecular complexity index is 879. The molecule has 29 heavy (non-hydrogen) atoms. The van der Waals surface area contributed by atoms with Crippen molar-refractivity contribution in [2.24, 2.45) is 0 Å². The van der Waals surface area contributed by atoms with Crippen molar-refractivity contribution in [1.29, 1.82) is 0 Å². The van der Waals surface area contributed by atoms with Crippen LogP contribution in [0.3, 0.4) is 0 Å². The summed E-state index contributed by atoms with van der Waals surface area (Å²) in [4.78, 5) is 12.1. The highest BCUT2D eigenvalue weighted by Gasteiger charge is 2.31. The second-order valence-corrected chi connectivity index (χ2v) is 14.5. The first kappa shape index (κ1) is 23.4. The van der Waals surface area contributed by atoms with Gasteiger partial charge in [-0.05, 0) is 38.1 Å². The van der Waals surface area contributed by atoms with Crippen molar-refractivity contribution in [3.8, 4) is 17.1 Å². The van der Waals surface area contributed by atoms with E-state index in [1.807, 2.05) is 19.6 Å². The third kappa shape index (κ3) is 6.31. The lowest BCUT2D eigenvalue weighted by Gasteiger charge is -2.15. The molecule has 0 saturated carbocycles. The Morgan fingerprint density at radius 3 is 2.34 bits per heavy atom. The van der Waals surface area contributed by atoms with Crippen molar-refractivity contribution in [1.82, 2.24) is 0 Å². The van der Waals surface area contributed by atoms with E-state index in [9.17, 15) is 9.36 Å². The van der Waals surface area contributed by atoms with Gasteiger partial charge in [-0.2, -0.15) is 0 Å². The molecule has 1 heterocycles. The summed E-state index contributed by atoms with van der Waals surface area (Å²) in [5.41, 5.74) is 7.30. The molecule has 0 aliphatic heterocycles. The third-order valence-electron chi connectivity index (χ3n) is 4.11. The van der Waals surface area contributed by atoms with Gasteiger partial charge in [0.1, 0.15) is 25.0 Å². The zero-order valence-electron chi connectivity index (χ0n) is 17.7. The number of benzene rings is 1. The fourth-order valence-corrected chi connectivity index (χ4v) is 4.95. The van der Waals surface area contributed by atoms with Crippen molar-refractivity contribution in [2.45, 2.75) is 39.9 Å². The first-order valence-corrected chi connectivity index (χ1v) is 14.7. The van der Waals surface area contributed by atoms with Crippen molar-refractivity contribution in [3.05, 3.63) is 30.3 Å². The molecule has 1 aromatic heterocycles. The van der Waals surface area contributed by atoms with Crippen LogP contribution >= 0.6 is 7.60 Å². The summed E-state index contributed by atoms with van der Waals surface area (Å²) < 4.78 is 35.0. The topological polar surface area (TPSA) is 101 Å². The maximum atomic E-state index is 12.9. The van der Waals surface area contributed by atoms with Crippen molar-refractivity contribution < 1.29 is 27.6 Å². The van der Waals surface area contributed by atoms with Crippen LogP contribution in [0.15, 0.2) is 34.7 Å². The second-order valence-electron chi connectivity index (χ2n) is 7.53. The SMILES string of the molecule is CCOP(=O)(OCC)c1ccc(-c2cc(N)cc(OCCC(=O)[Si](C)(C)C)c2)o1. The van der Waals surface area contributed by atoms with Gasteiger partial charge in [-0.15, -0.1) is 0 Å². The highest BCUT2D eigenvalue weighted by atomic mass is 31.2. The molecule has 1 aromatic carbocycles. The summed E-state index contributed by atoms with van der Waals surface area (Å²) in [6.45, 7) is 10.3. The number of rotatable bonds is 11. The molecule has 7 nitrogen and oxygen atoms in total. The summed E-state index contributed by atoms with van der Waals surface area (Å²) in [5, 5.41) is 0.264. The number of ether oxygens (including phenoxy) is 1. The molecule has 0 saturated heterocycles. The number of nitrogen functional groups attached to an aromatic ring is 1. The van der Waals surface area contributed by atoms with Gasteiger partial charge in [0.2, 0.25) is 5.50 Å². The number of carbonyl (C=O) groups is 1. The maximum absolute atomic E-state index is 12.9. The quantitative estimate of drug-likeness (QED) is 0.309. The van der Waals surface area contributed by atoms with Crippen molar-refractivity contribution in [3.63, 3.8) is 0 Å². The van der Waals surface area contributed by atoms with E-state index < -0.39 is 15.7 Å². The predicted octanol–water partition coefficient (Wildman–Crippen LogP) is 4.64. The summed E-state index contributed by atoms with van der Waals surface area (Å²) in [7, 11) is -5.31. The highest BCUT2D eigenvalue weighted by molar-refractivity contribution is 7.61. The second kappa shape index (κ2) is 9.76. The molecule has 0 bridgehead atoms. The van der Waals surface area contributed by atoms with E-state index >= 15 is 0 Å². The van der Waals surface area contributed by atoms with Gasteiger partial charge in [-0.25, -0.2) is 0 Å². The number of hydrogen-bond donors (Lipinski definition) is 1. The Morgan fingerprint density at radius 2 is 1.76 bits per heavy atom. The number of nitrogens with two attached hydrogens (primary N) is 1. The van der Waals surface area contributed by atoms with Crippen LogP contribution in [0.5, 0.6) is 5.75 Å². The predicted molar refractivity (Wildman–Crippen MR) is 118 cm³/mol. The fraction of sp³-hybridized carbons (Fsp3) is 0.450. The van der Waals surface area contributed by atoms with E-state index in [0.29, 0.717) is 35.8 Å². The minimum Gasteiger partial charge on any atom is -0.493 e. The van der Waals surface area contributed by atoms with Gasteiger partial charge in [0.25, 0.3) is 0 Å². The van der Waals surface area contributed by atoms with Crippen LogP contribution < -0.4 is 16.0 Å². The van der Waals surface area contributed by atoms with E-state index in [1.165, 1.54) is 0 Å². The number of anilines is 1. The molecule has 0 spiro atoms. The molecule has 0 unspecified atom stereocenters. The molecule has 0 atom stereocenters. The first-order chi connectivity index (χ1) is 13.6. The van der Waals surface area contributed by atoms with Gasteiger partial charge in [-0.1, -0.05) is 19.6 Å². The summed E-state index contributed by atoms with van der Waals surface area (Å²) >= 11 is 0. The lowest BCUT2D eigenvalue weighted by molar-refractivity contribution is -0.113. The van der Waals surface area contributed by atoms with Crippen LogP contribution in [0.2, 0.25) is 19.6 Å². The zero-order chi connectivity index (χ0) is 21.7. The zero-order valence-corrected chi connectivity index (χ0v) is 19.6. The molecule has 0 aliphatic rings. The molecule has 2 rings (SSSR count). The molecular weight excluding hydrogens is 409 g/mol. The van der Waals surface area contributed by atoms with Crippen LogP contribution in [-0.2, 0) is 18.4 Å². The molecule has 2 N–H and O–H groups in total.